The van der Waals surface area contributed by atoms with E-state index in [1.54, 1.807) is 0 Å². The summed E-state index contributed by atoms with van der Waals surface area (Å²) in [6.07, 6.45) is 3.11. The van der Waals surface area contributed by atoms with Gasteiger partial charge in [0.25, 0.3) is 0 Å². The zero-order chi connectivity index (χ0) is 13.8. The van der Waals surface area contributed by atoms with Crippen molar-refractivity contribution >= 4 is 5.91 Å². The van der Waals surface area contributed by atoms with Crippen LogP contribution in [0.4, 0.5) is 0 Å². The number of amides is 1. The number of rotatable bonds is 7. The van der Waals surface area contributed by atoms with Crippen molar-refractivity contribution in [2.45, 2.75) is 45.4 Å². The van der Waals surface area contributed by atoms with Gasteiger partial charge >= 0.3 is 0 Å². The molecule has 19 heavy (non-hydrogen) atoms. The third-order valence-electron chi connectivity index (χ3n) is 4.43. The van der Waals surface area contributed by atoms with Crippen molar-refractivity contribution in [3.63, 3.8) is 0 Å². The Morgan fingerprint density at radius 3 is 2.42 bits per heavy atom. The molecule has 4 atom stereocenters. The fourth-order valence-electron chi connectivity index (χ4n) is 3.56. The van der Waals surface area contributed by atoms with Crippen molar-refractivity contribution in [3.05, 3.63) is 0 Å². The molecule has 2 fully saturated rings. The lowest BCUT2D eigenvalue weighted by Crippen LogP contribution is -2.47. The molecule has 0 aromatic carbocycles. The van der Waals surface area contributed by atoms with E-state index < -0.39 is 0 Å². The Morgan fingerprint density at radius 1 is 1.26 bits per heavy atom. The summed E-state index contributed by atoms with van der Waals surface area (Å²) < 4.78 is 10.8. The van der Waals surface area contributed by atoms with Crippen LogP contribution in [-0.4, -0.2) is 38.0 Å². The normalized spacial score (nSPS) is 33.1. The highest BCUT2D eigenvalue weighted by Gasteiger charge is 2.48. The number of nitrogens with one attached hydrogen (secondary N) is 1. The predicted octanol–water partition coefficient (Wildman–Crippen LogP) is 0.875. The average Bonchev–Trinajstić information content (AvgIpc) is 2.97. The first kappa shape index (κ1) is 14.8. The molecule has 0 radical (unpaired) electrons. The number of ether oxygens (including phenoxy) is 2. The Labute approximate surface area is 115 Å². The quantitative estimate of drug-likeness (QED) is 0.673. The molecule has 3 N–H and O–H groups in total. The molecule has 5 nitrogen and oxygen atoms in total. The Kier molecular flexibility index (Phi) is 5.19. The molecule has 2 saturated carbocycles. The first-order valence-electron chi connectivity index (χ1n) is 7.43. The molecular weight excluding hydrogens is 244 g/mol. The maximum Gasteiger partial charge on any atom is 0.225 e. The van der Waals surface area contributed by atoms with Gasteiger partial charge in [0, 0.05) is 19.3 Å². The fraction of sp³-hybridized carbons (Fsp3) is 0.929. The van der Waals surface area contributed by atoms with Crippen LogP contribution < -0.4 is 11.1 Å². The van der Waals surface area contributed by atoms with Crippen molar-refractivity contribution in [2.75, 3.05) is 19.8 Å². The van der Waals surface area contributed by atoms with Gasteiger partial charge in [0.2, 0.25) is 5.91 Å². The molecule has 2 aliphatic carbocycles. The van der Waals surface area contributed by atoms with Gasteiger partial charge in [-0.3, -0.25) is 4.79 Å². The van der Waals surface area contributed by atoms with E-state index >= 15 is 0 Å². The highest BCUT2D eigenvalue weighted by molar-refractivity contribution is 5.80. The number of carbonyl (C=O) groups excluding carboxylic acids is 1. The number of hydrogen-bond donors (Lipinski definition) is 2. The van der Waals surface area contributed by atoms with Crippen LogP contribution in [0.15, 0.2) is 0 Å². The second kappa shape index (κ2) is 6.68. The van der Waals surface area contributed by atoms with Crippen LogP contribution in [0.25, 0.3) is 0 Å². The molecule has 5 heteroatoms. The second-order valence-electron chi connectivity index (χ2n) is 5.52. The van der Waals surface area contributed by atoms with E-state index in [9.17, 15) is 4.79 Å². The molecule has 0 heterocycles. The summed E-state index contributed by atoms with van der Waals surface area (Å²) in [6, 6.07) is 0.0383. The van der Waals surface area contributed by atoms with Crippen molar-refractivity contribution in [2.24, 2.45) is 23.5 Å². The van der Waals surface area contributed by atoms with Gasteiger partial charge in [-0.25, -0.2) is 0 Å². The number of hydrogen-bond acceptors (Lipinski definition) is 4. The van der Waals surface area contributed by atoms with Gasteiger partial charge in [-0.15, -0.1) is 0 Å². The van der Waals surface area contributed by atoms with E-state index in [1.807, 2.05) is 13.8 Å². The minimum absolute atomic E-state index is 0.0114. The van der Waals surface area contributed by atoms with Crippen LogP contribution in [0.2, 0.25) is 0 Å². The van der Waals surface area contributed by atoms with Crippen molar-refractivity contribution in [1.29, 1.82) is 0 Å². The van der Waals surface area contributed by atoms with E-state index in [2.05, 4.69) is 5.32 Å². The predicted molar refractivity (Wildman–Crippen MR) is 72.3 cm³/mol. The highest BCUT2D eigenvalue weighted by Crippen LogP contribution is 2.47. The van der Waals surface area contributed by atoms with Crippen LogP contribution in [0.3, 0.4) is 0 Å². The summed E-state index contributed by atoms with van der Waals surface area (Å²) in [5.74, 6) is 1.10. The minimum atomic E-state index is -0.353. The number of fused-ring (bicyclic) bond motifs is 2. The van der Waals surface area contributed by atoms with E-state index in [1.165, 1.54) is 6.42 Å². The van der Waals surface area contributed by atoms with Crippen LogP contribution in [-0.2, 0) is 14.3 Å². The van der Waals surface area contributed by atoms with E-state index in [0.717, 1.165) is 12.8 Å². The highest BCUT2D eigenvalue weighted by atomic mass is 16.7. The molecule has 0 aliphatic heterocycles. The third-order valence-corrected chi connectivity index (χ3v) is 4.43. The lowest BCUT2D eigenvalue weighted by molar-refractivity contribution is -0.143. The fourth-order valence-corrected chi connectivity index (χ4v) is 3.56. The van der Waals surface area contributed by atoms with E-state index in [0.29, 0.717) is 31.6 Å². The Bertz CT molecular complexity index is 303. The Hall–Kier alpha value is -0.650. The van der Waals surface area contributed by atoms with E-state index in [4.69, 9.17) is 15.2 Å². The maximum absolute atomic E-state index is 12.3. The summed E-state index contributed by atoms with van der Waals surface area (Å²) in [5.41, 5.74) is 6.17. The van der Waals surface area contributed by atoms with Crippen LogP contribution in [0.1, 0.15) is 33.1 Å². The molecule has 2 aliphatic rings. The van der Waals surface area contributed by atoms with Gasteiger partial charge < -0.3 is 20.5 Å². The van der Waals surface area contributed by atoms with Gasteiger partial charge in [0.1, 0.15) is 0 Å². The van der Waals surface area contributed by atoms with Gasteiger partial charge in [0.15, 0.2) is 6.29 Å². The smallest absolute Gasteiger partial charge is 0.225 e. The first-order chi connectivity index (χ1) is 9.17. The van der Waals surface area contributed by atoms with Gasteiger partial charge in [-0.2, -0.15) is 0 Å². The molecule has 0 aromatic rings. The number of carbonyl (C=O) groups is 1. The topological polar surface area (TPSA) is 73.6 Å². The maximum atomic E-state index is 12.3. The molecule has 0 aromatic heterocycles. The van der Waals surface area contributed by atoms with E-state index in [-0.39, 0.29) is 24.2 Å². The van der Waals surface area contributed by atoms with Crippen LogP contribution in [0.5, 0.6) is 0 Å². The SMILES string of the molecule is CCOC(CNC(=O)C1C2CCC(C2)C1N)OCC. The average molecular weight is 270 g/mol. The Morgan fingerprint density at radius 2 is 1.89 bits per heavy atom. The summed E-state index contributed by atoms with van der Waals surface area (Å²) in [6.45, 7) is 5.39. The summed E-state index contributed by atoms with van der Waals surface area (Å²) in [4.78, 5) is 12.3. The first-order valence-corrected chi connectivity index (χ1v) is 7.43. The molecule has 1 amide bonds. The van der Waals surface area contributed by atoms with Gasteiger partial charge in [-0.05, 0) is 44.9 Å². The molecule has 2 rings (SSSR count). The minimum Gasteiger partial charge on any atom is -0.351 e. The summed E-state index contributed by atoms with van der Waals surface area (Å²) in [7, 11) is 0. The Balaban J connectivity index is 1.80. The number of nitrogens with two attached hydrogens (primary N) is 1. The molecule has 2 bridgehead atoms. The summed E-state index contributed by atoms with van der Waals surface area (Å²) in [5, 5.41) is 2.94. The van der Waals surface area contributed by atoms with Crippen molar-refractivity contribution < 1.29 is 14.3 Å². The summed E-state index contributed by atoms with van der Waals surface area (Å²) >= 11 is 0. The van der Waals surface area contributed by atoms with Crippen molar-refractivity contribution in [3.8, 4) is 0 Å². The lowest BCUT2D eigenvalue weighted by Gasteiger charge is -2.27. The van der Waals surface area contributed by atoms with Crippen LogP contribution >= 0.6 is 0 Å². The molecule has 4 unspecified atom stereocenters. The zero-order valence-electron chi connectivity index (χ0n) is 11.9. The van der Waals surface area contributed by atoms with Gasteiger partial charge in [0.05, 0.1) is 12.5 Å². The van der Waals surface area contributed by atoms with Crippen LogP contribution in [0, 0.1) is 17.8 Å². The van der Waals surface area contributed by atoms with Gasteiger partial charge in [-0.1, -0.05) is 0 Å². The molecular formula is C14H26N2O3. The molecule has 110 valence electrons. The monoisotopic (exact) mass is 270 g/mol. The second-order valence-corrected chi connectivity index (χ2v) is 5.52. The largest absolute Gasteiger partial charge is 0.351 e. The van der Waals surface area contributed by atoms with Crippen molar-refractivity contribution in [1.82, 2.24) is 5.32 Å². The molecule has 0 saturated heterocycles. The zero-order valence-corrected chi connectivity index (χ0v) is 11.9. The molecule has 0 spiro atoms. The standard InChI is InChI=1S/C14H26N2O3/c1-3-18-11(19-4-2)8-16-14(17)12-9-5-6-10(7-9)13(12)15/h9-13H,3-8,15H2,1-2H3,(H,16,17). The lowest BCUT2D eigenvalue weighted by atomic mass is 9.84. The third kappa shape index (κ3) is 3.27.